The highest BCUT2D eigenvalue weighted by Gasteiger charge is 2.50. The van der Waals surface area contributed by atoms with Crippen LogP contribution < -0.4 is 15.0 Å². The number of nitrogens with one attached hydrogen (secondary N) is 1. The molecular formula is C33H34ClF6N5O4. The van der Waals surface area contributed by atoms with Crippen LogP contribution in [0.4, 0.5) is 32.0 Å². The first kappa shape index (κ1) is 36.2. The van der Waals surface area contributed by atoms with E-state index in [0.717, 1.165) is 42.4 Å². The van der Waals surface area contributed by atoms with Crippen molar-refractivity contribution in [3.05, 3.63) is 70.5 Å². The van der Waals surface area contributed by atoms with E-state index in [1.807, 2.05) is 36.1 Å². The molecule has 3 aliphatic rings. The number of amides is 1. The zero-order valence-corrected chi connectivity index (χ0v) is 27.1. The fourth-order valence-corrected chi connectivity index (χ4v) is 6.84. The average molecular weight is 714 g/mol. The molecule has 9 nitrogen and oxygen atoms in total. The predicted molar refractivity (Wildman–Crippen MR) is 168 cm³/mol. The number of benzene rings is 1. The lowest BCUT2D eigenvalue weighted by atomic mass is 9.68. The average Bonchev–Trinajstić information content (AvgIpc) is 3.57. The molecule has 3 aliphatic heterocycles. The van der Waals surface area contributed by atoms with Gasteiger partial charge in [0.25, 0.3) is 0 Å². The van der Waals surface area contributed by atoms with Crippen molar-refractivity contribution in [1.82, 2.24) is 20.2 Å². The Bertz CT molecular complexity index is 1670. The van der Waals surface area contributed by atoms with Gasteiger partial charge in [0.1, 0.15) is 0 Å². The lowest BCUT2D eigenvalue weighted by Crippen LogP contribution is -2.57. The number of carbonyl (C=O) groups is 2. The summed E-state index contributed by atoms with van der Waals surface area (Å²) in [6.07, 6.45) is -6.18. The molecule has 1 amide bonds. The minimum atomic E-state index is -5.08. The van der Waals surface area contributed by atoms with Crippen LogP contribution >= 0.6 is 11.6 Å². The Kier molecular flexibility index (Phi) is 10.6. The van der Waals surface area contributed by atoms with E-state index >= 15 is 0 Å². The number of alkyl halides is 6. The molecule has 5 heterocycles. The van der Waals surface area contributed by atoms with Crippen molar-refractivity contribution in [3.8, 4) is 17.1 Å². The lowest BCUT2D eigenvalue weighted by Gasteiger charge is -2.48. The van der Waals surface area contributed by atoms with E-state index in [-0.39, 0.29) is 16.6 Å². The number of anilines is 1. The third-order valence-corrected chi connectivity index (χ3v) is 9.20. The third kappa shape index (κ3) is 7.88. The second-order valence-corrected chi connectivity index (χ2v) is 12.5. The molecule has 1 spiro atoms. The number of pyridine rings is 2. The highest BCUT2D eigenvalue weighted by molar-refractivity contribution is 6.30. The van der Waals surface area contributed by atoms with Crippen molar-refractivity contribution in [2.75, 3.05) is 44.2 Å². The van der Waals surface area contributed by atoms with Crippen molar-refractivity contribution in [2.45, 2.75) is 50.5 Å². The molecule has 1 aromatic carbocycles. The summed E-state index contributed by atoms with van der Waals surface area (Å²) in [5, 5.41) is 10.5. The van der Waals surface area contributed by atoms with Gasteiger partial charge in [0.05, 0.1) is 41.1 Å². The highest BCUT2D eigenvalue weighted by Crippen LogP contribution is 2.46. The number of carboxylic acids is 1. The Hall–Kier alpha value is -4.11. The molecule has 264 valence electrons. The van der Waals surface area contributed by atoms with Gasteiger partial charge in [-0.25, -0.2) is 9.78 Å². The van der Waals surface area contributed by atoms with E-state index in [9.17, 15) is 31.1 Å². The molecule has 2 fully saturated rings. The van der Waals surface area contributed by atoms with E-state index in [2.05, 4.69) is 10.3 Å². The maximum Gasteiger partial charge on any atom is 0.490 e. The summed E-state index contributed by atoms with van der Waals surface area (Å²) in [6.45, 7) is 5.76. The van der Waals surface area contributed by atoms with Gasteiger partial charge in [-0.3, -0.25) is 9.78 Å². The second kappa shape index (κ2) is 14.4. The van der Waals surface area contributed by atoms with Crippen molar-refractivity contribution >= 4 is 29.2 Å². The number of carboxylic acid groups (broad SMARTS) is 1. The summed E-state index contributed by atoms with van der Waals surface area (Å²) in [6, 6.07) is 11.5. The monoisotopic (exact) mass is 713 g/mol. The molecule has 49 heavy (non-hydrogen) atoms. The van der Waals surface area contributed by atoms with Crippen molar-refractivity contribution in [3.63, 3.8) is 0 Å². The molecule has 0 unspecified atom stereocenters. The van der Waals surface area contributed by atoms with Crippen LogP contribution in [0, 0.1) is 5.92 Å². The van der Waals surface area contributed by atoms with Gasteiger partial charge in [-0.05, 0) is 87.2 Å². The molecule has 0 bridgehead atoms. The minimum Gasteiger partial charge on any atom is -0.477 e. The summed E-state index contributed by atoms with van der Waals surface area (Å²) in [5.41, 5.74) is 1.65. The summed E-state index contributed by atoms with van der Waals surface area (Å²) in [4.78, 5) is 36.3. The van der Waals surface area contributed by atoms with Crippen molar-refractivity contribution in [1.29, 1.82) is 0 Å². The van der Waals surface area contributed by atoms with E-state index in [1.54, 1.807) is 11.1 Å². The molecule has 3 aromatic rings. The minimum absolute atomic E-state index is 0.0379. The third-order valence-electron chi connectivity index (χ3n) is 8.96. The van der Waals surface area contributed by atoms with Gasteiger partial charge in [0, 0.05) is 36.5 Å². The fourth-order valence-electron chi connectivity index (χ4n) is 6.67. The SMILES string of the molecule is CCOc1ncccc1-c1ccc2c(n1)CN(C[C@@H]1CCNC1)C(=O)C21CCN(c2ccc(Cl)cc2C(F)(F)F)CC1.O=C(O)C(F)(F)F. The number of fused-ring (bicyclic) bond motifs is 2. The quantitative estimate of drug-likeness (QED) is 0.285. The number of rotatable bonds is 6. The lowest BCUT2D eigenvalue weighted by molar-refractivity contribution is -0.192. The Morgan fingerprint density at radius 2 is 1.84 bits per heavy atom. The van der Waals surface area contributed by atoms with Gasteiger partial charge in [-0.2, -0.15) is 26.3 Å². The fraction of sp³-hybridized carbons (Fsp3) is 0.455. The molecule has 0 aliphatic carbocycles. The number of halogens is 7. The number of hydrogen-bond donors (Lipinski definition) is 2. The highest BCUT2D eigenvalue weighted by atomic mass is 35.5. The van der Waals surface area contributed by atoms with Gasteiger partial charge in [-0.1, -0.05) is 17.7 Å². The molecule has 16 heteroatoms. The standard InChI is InChI=1S/C31H33ClF3N5O2.C2HF3O2/c1-2-42-28-22(4-3-12-37-28)25-7-6-23-26(38-25)19-40(18-20-9-13-36-17-20)29(41)30(23)10-14-39(15-11-30)27-8-5-21(32)16-24(27)31(33,34)35;3-2(4,5)1(6)7/h3-8,12,16,20,36H,2,9-11,13-15,17-19H2,1H3;(H,6,7)/t20-;/m1./s1. The Balaban J connectivity index is 0.000000606. The summed E-state index contributed by atoms with van der Waals surface area (Å²) >= 11 is 5.93. The first-order valence-electron chi connectivity index (χ1n) is 15.6. The number of ether oxygens (including phenoxy) is 1. The molecule has 2 N–H and O–H groups in total. The van der Waals surface area contributed by atoms with Gasteiger partial charge in [0.2, 0.25) is 11.8 Å². The first-order chi connectivity index (χ1) is 23.1. The summed E-state index contributed by atoms with van der Waals surface area (Å²) < 4.78 is 79.2. The number of nitrogens with zero attached hydrogens (tertiary/aromatic N) is 4. The van der Waals surface area contributed by atoms with Crippen molar-refractivity contribution < 1.29 is 45.8 Å². The summed E-state index contributed by atoms with van der Waals surface area (Å²) in [7, 11) is 0. The molecule has 6 rings (SSSR count). The number of carbonyl (C=O) groups excluding carboxylic acids is 1. The zero-order valence-electron chi connectivity index (χ0n) is 26.4. The van der Waals surface area contributed by atoms with Crippen LogP contribution in [0.5, 0.6) is 5.88 Å². The largest absolute Gasteiger partial charge is 0.490 e. The molecular weight excluding hydrogens is 680 g/mol. The van der Waals surface area contributed by atoms with E-state index in [4.69, 9.17) is 31.2 Å². The molecule has 0 saturated carbocycles. The van der Waals surface area contributed by atoms with Crippen LogP contribution in [0.1, 0.15) is 43.0 Å². The molecule has 2 saturated heterocycles. The van der Waals surface area contributed by atoms with Gasteiger partial charge in [-0.15, -0.1) is 0 Å². The van der Waals surface area contributed by atoms with E-state index < -0.39 is 29.3 Å². The topological polar surface area (TPSA) is 108 Å². The molecule has 0 radical (unpaired) electrons. The zero-order chi connectivity index (χ0) is 35.6. The van der Waals surface area contributed by atoms with Crippen LogP contribution in [-0.2, 0) is 27.7 Å². The van der Waals surface area contributed by atoms with Crippen LogP contribution in [0.2, 0.25) is 5.02 Å². The number of aliphatic carboxylic acids is 1. The number of hydrogen-bond acceptors (Lipinski definition) is 7. The van der Waals surface area contributed by atoms with Crippen molar-refractivity contribution in [2.24, 2.45) is 5.92 Å². The molecule has 1 atom stereocenters. The maximum absolute atomic E-state index is 14.3. The Labute approximate surface area is 283 Å². The van der Waals surface area contributed by atoms with Gasteiger partial charge >= 0.3 is 18.3 Å². The van der Waals surface area contributed by atoms with Crippen LogP contribution in [0.25, 0.3) is 11.3 Å². The van der Waals surface area contributed by atoms with E-state index in [0.29, 0.717) is 63.1 Å². The maximum atomic E-state index is 14.3. The number of aromatic nitrogens is 2. The summed E-state index contributed by atoms with van der Waals surface area (Å²) in [5.74, 6) is -1.87. The smallest absolute Gasteiger partial charge is 0.477 e. The van der Waals surface area contributed by atoms with Crippen LogP contribution in [0.3, 0.4) is 0 Å². The van der Waals surface area contributed by atoms with Gasteiger partial charge in [0.15, 0.2) is 0 Å². The Morgan fingerprint density at radius 3 is 2.45 bits per heavy atom. The normalized spacial score (nSPS) is 18.9. The van der Waals surface area contributed by atoms with Gasteiger partial charge < -0.3 is 25.0 Å². The predicted octanol–water partition coefficient (Wildman–Crippen LogP) is 6.34. The van der Waals surface area contributed by atoms with E-state index in [1.165, 1.54) is 12.1 Å². The number of piperidine rings is 1. The second-order valence-electron chi connectivity index (χ2n) is 12.1. The Morgan fingerprint density at radius 1 is 1.12 bits per heavy atom. The van der Waals surface area contributed by atoms with Crippen LogP contribution in [0.15, 0.2) is 48.7 Å². The first-order valence-corrected chi connectivity index (χ1v) is 16.0. The van der Waals surface area contributed by atoms with Crippen LogP contribution in [-0.4, -0.2) is 77.4 Å². The molecule has 2 aromatic heterocycles.